The van der Waals surface area contributed by atoms with E-state index in [1.165, 1.54) is 24.3 Å². The maximum absolute atomic E-state index is 12.5. The molecule has 0 atom stereocenters. The number of nitrogens with one attached hydrogen (secondary N) is 2. The number of hydrogen-bond donors (Lipinski definition) is 2. The molecule has 0 saturated heterocycles. The van der Waals surface area contributed by atoms with Gasteiger partial charge in [-0.15, -0.1) is 0 Å². The van der Waals surface area contributed by atoms with Gasteiger partial charge in [0.05, 0.1) is 10.6 Å². The van der Waals surface area contributed by atoms with Crippen LogP contribution in [0.1, 0.15) is 42.1 Å². The van der Waals surface area contributed by atoms with Crippen LogP contribution < -0.4 is 10.0 Å². The van der Waals surface area contributed by atoms with Crippen molar-refractivity contribution >= 4 is 33.2 Å². The summed E-state index contributed by atoms with van der Waals surface area (Å²) in [6.45, 7) is 4.50. The van der Waals surface area contributed by atoms with Crippen molar-refractivity contribution in [3.8, 4) is 0 Å². The van der Waals surface area contributed by atoms with Gasteiger partial charge in [0.15, 0.2) is 0 Å². The Morgan fingerprint density at radius 3 is 2.42 bits per heavy atom. The van der Waals surface area contributed by atoms with Gasteiger partial charge in [-0.2, -0.15) is 0 Å². The fourth-order valence-electron chi connectivity index (χ4n) is 2.37. The van der Waals surface area contributed by atoms with Gasteiger partial charge in [-0.3, -0.25) is 9.52 Å². The zero-order valence-corrected chi connectivity index (χ0v) is 16.5. The molecule has 0 aromatic heterocycles. The summed E-state index contributed by atoms with van der Waals surface area (Å²) < 4.78 is 27.6. The Kier molecular flexibility index (Phi) is 7.06. The molecule has 26 heavy (non-hydrogen) atoms. The van der Waals surface area contributed by atoms with E-state index < -0.39 is 10.0 Å². The monoisotopic (exact) mass is 394 g/mol. The van der Waals surface area contributed by atoms with Gasteiger partial charge in [0, 0.05) is 17.1 Å². The third-order valence-corrected chi connectivity index (χ3v) is 5.55. The summed E-state index contributed by atoms with van der Waals surface area (Å²) in [4.78, 5) is 12.1. The van der Waals surface area contributed by atoms with Gasteiger partial charge < -0.3 is 5.32 Å². The van der Waals surface area contributed by atoms with Crippen LogP contribution in [0, 0.1) is 6.92 Å². The molecule has 1 amide bonds. The van der Waals surface area contributed by atoms with Gasteiger partial charge in [-0.25, -0.2) is 8.42 Å². The lowest BCUT2D eigenvalue weighted by molar-refractivity contribution is 0.0953. The molecule has 7 heteroatoms. The minimum Gasteiger partial charge on any atom is -0.352 e. The highest BCUT2D eigenvalue weighted by molar-refractivity contribution is 7.92. The maximum Gasteiger partial charge on any atom is 0.261 e. The lowest BCUT2D eigenvalue weighted by Gasteiger charge is -2.11. The largest absolute Gasteiger partial charge is 0.352 e. The molecule has 0 saturated carbocycles. The molecular weight excluding hydrogens is 372 g/mol. The average Bonchev–Trinajstić information content (AvgIpc) is 2.61. The zero-order valence-electron chi connectivity index (χ0n) is 14.9. The Morgan fingerprint density at radius 1 is 1.08 bits per heavy atom. The van der Waals surface area contributed by atoms with Crippen LogP contribution >= 0.6 is 11.6 Å². The molecule has 0 heterocycles. The van der Waals surface area contributed by atoms with Crippen molar-refractivity contribution in [3.05, 3.63) is 58.6 Å². The summed E-state index contributed by atoms with van der Waals surface area (Å²) in [5.74, 6) is -0.205. The van der Waals surface area contributed by atoms with Gasteiger partial charge in [-0.05, 0) is 55.3 Å². The van der Waals surface area contributed by atoms with Crippen LogP contribution in [0.25, 0.3) is 0 Å². The number of aryl methyl sites for hydroxylation is 1. The molecule has 0 fully saturated rings. The second-order valence-electron chi connectivity index (χ2n) is 6.05. The molecule has 0 aliphatic carbocycles. The van der Waals surface area contributed by atoms with E-state index >= 15 is 0 Å². The first-order valence-corrected chi connectivity index (χ1v) is 10.4. The molecule has 0 radical (unpaired) electrons. The van der Waals surface area contributed by atoms with E-state index in [0.29, 0.717) is 22.8 Å². The number of sulfonamides is 1. The van der Waals surface area contributed by atoms with Gasteiger partial charge in [0.2, 0.25) is 0 Å². The zero-order chi connectivity index (χ0) is 19.2. The lowest BCUT2D eigenvalue weighted by Crippen LogP contribution is -2.24. The fraction of sp³-hybridized carbons (Fsp3) is 0.316. The number of amides is 1. The third kappa shape index (κ3) is 5.47. The molecule has 0 aliphatic rings. The molecule has 0 unspecified atom stereocenters. The SMILES string of the molecule is CCCCCNC(=O)c1ccc(S(=O)(=O)Nc2cc(Cl)ccc2C)cc1. The lowest BCUT2D eigenvalue weighted by atomic mass is 10.2. The normalized spacial score (nSPS) is 11.2. The molecule has 140 valence electrons. The van der Waals surface area contributed by atoms with E-state index in [2.05, 4.69) is 17.0 Å². The van der Waals surface area contributed by atoms with Crippen LogP contribution in [0.4, 0.5) is 5.69 Å². The summed E-state index contributed by atoms with van der Waals surface area (Å²) in [6.07, 6.45) is 3.07. The van der Waals surface area contributed by atoms with Crippen LogP contribution in [0.15, 0.2) is 47.4 Å². The topological polar surface area (TPSA) is 75.3 Å². The van der Waals surface area contributed by atoms with E-state index in [4.69, 9.17) is 11.6 Å². The highest BCUT2D eigenvalue weighted by Gasteiger charge is 2.16. The fourth-order valence-corrected chi connectivity index (χ4v) is 3.67. The molecule has 2 aromatic rings. The smallest absolute Gasteiger partial charge is 0.261 e. The average molecular weight is 395 g/mol. The highest BCUT2D eigenvalue weighted by atomic mass is 35.5. The van der Waals surface area contributed by atoms with Gasteiger partial charge in [-0.1, -0.05) is 37.4 Å². The Bertz CT molecular complexity index is 865. The van der Waals surface area contributed by atoms with Crippen molar-refractivity contribution in [1.82, 2.24) is 5.32 Å². The molecular formula is C19H23ClN2O3S. The van der Waals surface area contributed by atoms with Gasteiger partial charge in [0.1, 0.15) is 0 Å². The van der Waals surface area contributed by atoms with E-state index in [9.17, 15) is 13.2 Å². The molecule has 2 rings (SSSR count). The molecule has 0 spiro atoms. The van der Waals surface area contributed by atoms with E-state index in [1.54, 1.807) is 25.1 Å². The second kappa shape index (κ2) is 9.05. The van der Waals surface area contributed by atoms with Crippen molar-refractivity contribution in [3.63, 3.8) is 0 Å². The first-order valence-electron chi connectivity index (χ1n) is 8.50. The van der Waals surface area contributed by atoms with Crippen LogP contribution in [-0.4, -0.2) is 20.9 Å². The van der Waals surface area contributed by atoms with Crippen LogP contribution in [0.2, 0.25) is 5.02 Å². The number of rotatable bonds is 8. The number of unbranched alkanes of at least 4 members (excludes halogenated alkanes) is 2. The van der Waals surface area contributed by atoms with E-state index in [0.717, 1.165) is 24.8 Å². The van der Waals surface area contributed by atoms with Crippen molar-refractivity contribution < 1.29 is 13.2 Å². The Labute approximate surface area is 159 Å². The van der Waals surface area contributed by atoms with Crippen LogP contribution in [0.3, 0.4) is 0 Å². The van der Waals surface area contributed by atoms with E-state index in [1.807, 2.05) is 0 Å². The van der Waals surface area contributed by atoms with E-state index in [-0.39, 0.29) is 10.8 Å². The highest BCUT2D eigenvalue weighted by Crippen LogP contribution is 2.23. The number of hydrogen-bond acceptors (Lipinski definition) is 3. The third-order valence-electron chi connectivity index (χ3n) is 3.94. The Balaban J connectivity index is 2.08. The van der Waals surface area contributed by atoms with Crippen molar-refractivity contribution in [2.24, 2.45) is 0 Å². The van der Waals surface area contributed by atoms with Crippen molar-refractivity contribution in [1.29, 1.82) is 0 Å². The second-order valence-corrected chi connectivity index (χ2v) is 8.17. The standard InChI is InChI=1S/C19H23ClN2O3S/c1-3-4-5-12-21-19(23)15-7-10-17(11-8-15)26(24,25)22-18-13-16(20)9-6-14(18)2/h6-11,13,22H,3-5,12H2,1-2H3,(H,21,23). The van der Waals surface area contributed by atoms with Gasteiger partial charge in [0.25, 0.3) is 15.9 Å². The first kappa shape index (κ1) is 20.3. The predicted octanol–water partition coefficient (Wildman–Crippen LogP) is 4.37. The number of benzene rings is 2. The van der Waals surface area contributed by atoms with Crippen molar-refractivity contribution in [2.75, 3.05) is 11.3 Å². The number of halogens is 1. The summed E-state index contributed by atoms with van der Waals surface area (Å²) in [5, 5.41) is 3.27. The van der Waals surface area contributed by atoms with Crippen LogP contribution in [-0.2, 0) is 10.0 Å². The molecule has 0 bridgehead atoms. The summed E-state index contributed by atoms with van der Waals surface area (Å²) in [6, 6.07) is 10.9. The quantitative estimate of drug-likeness (QED) is 0.653. The first-order chi connectivity index (χ1) is 12.3. The number of carbonyl (C=O) groups is 1. The van der Waals surface area contributed by atoms with Gasteiger partial charge >= 0.3 is 0 Å². The minimum absolute atomic E-state index is 0.0828. The summed E-state index contributed by atoms with van der Waals surface area (Å²) in [5.41, 5.74) is 1.62. The molecule has 0 aliphatic heterocycles. The molecule has 2 aromatic carbocycles. The van der Waals surface area contributed by atoms with Crippen LogP contribution in [0.5, 0.6) is 0 Å². The Hall–Kier alpha value is -2.05. The summed E-state index contributed by atoms with van der Waals surface area (Å²) >= 11 is 5.93. The molecule has 5 nitrogen and oxygen atoms in total. The summed E-state index contributed by atoms with van der Waals surface area (Å²) in [7, 11) is -3.76. The van der Waals surface area contributed by atoms with Crippen molar-refractivity contribution in [2.45, 2.75) is 38.0 Å². The number of carbonyl (C=O) groups excluding carboxylic acids is 1. The minimum atomic E-state index is -3.76. The number of anilines is 1. The predicted molar refractivity (Wildman–Crippen MR) is 105 cm³/mol. The Morgan fingerprint density at radius 2 is 1.77 bits per heavy atom. The maximum atomic E-state index is 12.5. The molecule has 2 N–H and O–H groups in total.